The summed E-state index contributed by atoms with van der Waals surface area (Å²) in [7, 11) is 0. The Morgan fingerprint density at radius 1 is 0.968 bits per heavy atom. The number of hydrogen-bond acceptors (Lipinski definition) is 4. The highest BCUT2D eigenvalue weighted by molar-refractivity contribution is 5.91. The molecule has 0 saturated heterocycles. The standard InChI is InChI=1S/C25H22N4O2/c30-25(23-17-29(28-27-23)16-19-4-2-1-3-5-19)26-15-18-6-8-20(9-7-18)21-10-11-24-22(14-21)12-13-31-24/h1-11,14,17H,12-13,15-16H2,(H,26,30). The molecule has 0 saturated carbocycles. The van der Waals surface area contributed by atoms with E-state index in [0.29, 0.717) is 18.8 Å². The summed E-state index contributed by atoms with van der Waals surface area (Å²) in [5.41, 5.74) is 6.03. The van der Waals surface area contributed by atoms with Gasteiger partial charge in [0.15, 0.2) is 5.69 Å². The molecule has 1 aromatic heterocycles. The molecule has 5 rings (SSSR count). The Morgan fingerprint density at radius 2 is 1.77 bits per heavy atom. The number of amides is 1. The van der Waals surface area contributed by atoms with Gasteiger partial charge in [-0.2, -0.15) is 0 Å². The Labute approximate surface area is 180 Å². The smallest absolute Gasteiger partial charge is 0.273 e. The quantitative estimate of drug-likeness (QED) is 0.524. The second-order valence-electron chi connectivity index (χ2n) is 7.59. The van der Waals surface area contributed by atoms with E-state index in [1.54, 1.807) is 10.9 Å². The van der Waals surface area contributed by atoms with Crippen molar-refractivity contribution in [2.75, 3.05) is 6.61 Å². The Kier molecular flexibility index (Phi) is 5.19. The third kappa shape index (κ3) is 4.33. The normalized spacial score (nSPS) is 12.3. The van der Waals surface area contributed by atoms with Gasteiger partial charge in [-0.25, -0.2) is 4.68 Å². The van der Waals surface area contributed by atoms with Gasteiger partial charge in [0.2, 0.25) is 0 Å². The molecule has 154 valence electrons. The molecule has 1 aliphatic rings. The number of benzene rings is 3. The lowest BCUT2D eigenvalue weighted by molar-refractivity contribution is 0.0946. The van der Waals surface area contributed by atoms with E-state index in [0.717, 1.165) is 35.5 Å². The van der Waals surface area contributed by atoms with Crippen LogP contribution in [0.4, 0.5) is 0 Å². The molecule has 0 spiro atoms. The Morgan fingerprint density at radius 3 is 2.61 bits per heavy atom. The number of aromatic nitrogens is 3. The van der Waals surface area contributed by atoms with E-state index >= 15 is 0 Å². The number of hydrogen-bond donors (Lipinski definition) is 1. The maximum absolute atomic E-state index is 12.4. The third-order valence-electron chi connectivity index (χ3n) is 5.39. The number of carbonyl (C=O) groups excluding carboxylic acids is 1. The highest BCUT2D eigenvalue weighted by Gasteiger charge is 2.13. The van der Waals surface area contributed by atoms with Crippen LogP contribution in [0, 0.1) is 0 Å². The minimum absolute atomic E-state index is 0.234. The monoisotopic (exact) mass is 410 g/mol. The van der Waals surface area contributed by atoms with Gasteiger partial charge in [-0.15, -0.1) is 5.10 Å². The van der Waals surface area contributed by atoms with Gasteiger partial charge in [0.1, 0.15) is 5.75 Å². The van der Waals surface area contributed by atoms with E-state index < -0.39 is 0 Å². The molecule has 4 aromatic rings. The second kappa shape index (κ2) is 8.44. The fourth-order valence-corrected chi connectivity index (χ4v) is 3.70. The largest absolute Gasteiger partial charge is 0.493 e. The minimum atomic E-state index is -0.234. The van der Waals surface area contributed by atoms with Crippen molar-refractivity contribution in [2.45, 2.75) is 19.5 Å². The summed E-state index contributed by atoms with van der Waals surface area (Å²) < 4.78 is 7.25. The molecule has 3 aromatic carbocycles. The molecule has 0 unspecified atom stereocenters. The van der Waals surface area contributed by atoms with Crippen LogP contribution < -0.4 is 10.1 Å². The van der Waals surface area contributed by atoms with Gasteiger partial charge >= 0.3 is 0 Å². The van der Waals surface area contributed by atoms with Crippen molar-refractivity contribution in [2.24, 2.45) is 0 Å². The topological polar surface area (TPSA) is 69.0 Å². The first-order chi connectivity index (χ1) is 15.2. The predicted octanol–water partition coefficient (Wildman–Crippen LogP) is 3.86. The molecular weight excluding hydrogens is 388 g/mol. The van der Waals surface area contributed by atoms with Gasteiger partial charge in [-0.3, -0.25) is 4.79 Å². The van der Waals surface area contributed by atoms with Crippen LogP contribution in [0.15, 0.2) is 79.0 Å². The summed E-state index contributed by atoms with van der Waals surface area (Å²) in [6, 6.07) is 24.5. The number of carbonyl (C=O) groups is 1. The van der Waals surface area contributed by atoms with Crippen molar-refractivity contribution < 1.29 is 9.53 Å². The SMILES string of the molecule is O=C(NCc1ccc(-c2ccc3c(c2)CCO3)cc1)c1cn(Cc2ccccc2)nn1. The van der Waals surface area contributed by atoms with Gasteiger partial charge in [0, 0.05) is 13.0 Å². The van der Waals surface area contributed by atoms with Crippen molar-refractivity contribution in [3.8, 4) is 16.9 Å². The molecular formula is C25H22N4O2. The Bertz CT molecular complexity index is 1200. The number of nitrogens with zero attached hydrogens (tertiary/aromatic N) is 3. The van der Waals surface area contributed by atoms with Crippen molar-refractivity contribution in [1.29, 1.82) is 0 Å². The summed E-state index contributed by atoms with van der Waals surface area (Å²) in [4.78, 5) is 12.4. The second-order valence-corrected chi connectivity index (χ2v) is 7.59. The van der Waals surface area contributed by atoms with Crippen molar-refractivity contribution in [3.05, 3.63) is 101 Å². The van der Waals surface area contributed by atoms with Gasteiger partial charge in [0.25, 0.3) is 5.91 Å². The van der Waals surface area contributed by atoms with Crippen molar-refractivity contribution in [1.82, 2.24) is 20.3 Å². The van der Waals surface area contributed by atoms with Crippen LogP contribution in [0.3, 0.4) is 0 Å². The van der Waals surface area contributed by atoms with Gasteiger partial charge in [0.05, 0.1) is 19.3 Å². The summed E-state index contributed by atoms with van der Waals surface area (Å²) in [6.45, 7) is 1.78. The van der Waals surface area contributed by atoms with E-state index in [-0.39, 0.29) is 5.91 Å². The first-order valence-electron chi connectivity index (χ1n) is 10.3. The first-order valence-corrected chi connectivity index (χ1v) is 10.3. The molecule has 6 heteroatoms. The molecule has 0 atom stereocenters. The summed E-state index contributed by atoms with van der Waals surface area (Å²) in [6.07, 6.45) is 2.63. The van der Waals surface area contributed by atoms with E-state index in [4.69, 9.17) is 4.74 Å². The lowest BCUT2D eigenvalue weighted by Crippen LogP contribution is -2.23. The average molecular weight is 410 g/mol. The number of rotatable bonds is 6. The molecule has 0 radical (unpaired) electrons. The Balaban J connectivity index is 1.19. The number of nitrogens with one attached hydrogen (secondary N) is 1. The summed E-state index contributed by atoms with van der Waals surface area (Å²) >= 11 is 0. The summed E-state index contributed by atoms with van der Waals surface area (Å²) in [5, 5.41) is 11.0. The third-order valence-corrected chi connectivity index (χ3v) is 5.39. The molecule has 0 bridgehead atoms. The van der Waals surface area contributed by atoms with Gasteiger partial charge in [-0.1, -0.05) is 65.9 Å². The maximum atomic E-state index is 12.4. The van der Waals surface area contributed by atoms with E-state index in [1.165, 1.54) is 11.1 Å². The van der Waals surface area contributed by atoms with Crippen LogP contribution in [0.5, 0.6) is 5.75 Å². The summed E-state index contributed by atoms with van der Waals surface area (Å²) in [5.74, 6) is 0.755. The molecule has 1 N–H and O–H groups in total. The maximum Gasteiger partial charge on any atom is 0.273 e. The molecule has 0 aliphatic carbocycles. The van der Waals surface area contributed by atoms with E-state index in [2.05, 4.69) is 39.9 Å². The predicted molar refractivity (Wildman–Crippen MR) is 118 cm³/mol. The van der Waals surface area contributed by atoms with Gasteiger partial charge in [-0.05, 0) is 39.9 Å². The fourth-order valence-electron chi connectivity index (χ4n) is 3.70. The molecule has 1 aliphatic heterocycles. The van der Waals surface area contributed by atoms with E-state index in [9.17, 15) is 4.79 Å². The molecule has 2 heterocycles. The lowest BCUT2D eigenvalue weighted by atomic mass is 10.0. The van der Waals surface area contributed by atoms with Crippen molar-refractivity contribution in [3.63, 3.8) is 0 Å². The van der Waals surface area contributed by atoms with Crippen LogP contribution in [-0.4, -0.2) is 27.5 Å². The molecule has 0 fully saturated rings. The zero-order valence-electron chi connectivity index (χ0n) is 17.0. The van der Waals surface area contributed by atoms with Crippen LogP contribution in [0.2, 0.25) is 0 Å². The van der Waals surface area contributed by atoms with Crippen LogP contribution >= 0.6 is 0 Å². The highest BCUT2D eigenvalue weighted by atomic mass is 16.5. The van der Waals surface area contributed by atoms with Crippen LogP contribution in [0.25, 0.3) is 11.1 Å². The zero-order valence-corrected chi connectivity index (χ0v) is 17.0. The average Bonchev–Trinajstić information content (AvgIpc) is 3.47. The van der Waals surface area contributed by atoms with E-state index in [1.807, 2.05) is 48.5 Å². The molecule has 6 nitrogen and oxygen atoms in total. The number of ether oxygens (including phenoxy) is 1. The Hall–Kier alpha value is -3.93. The minimum Gasteiger partial charge on any atom is -0.493 e. The zero-order chi connectivity index (χ0) is 21.0. The lowest BCUT2D eigenvalue weighted by Gasteiger charge is -2.07. The highest BCUT2D eigenvalue weighted by Crippen LogP contribution is 2.30. The number of fused-ring (bicyclic) bond motifs is 1. The van der Waals surface area contributed by atoms with Gasteiger partial charge < -0.3 is 10.1 Å². The molecule has 31 heavy (non-hydrogen) atoms. The van der Waals surface area contributed by atoms with Crippen LogP contribution in [-0.2, 0) is 19.5 Å². The van der Waals surface area contributed by atoms with Crippen LogP contribution in [0.1, 0.15) is 27.2 Å². The molecule has 1 amide bonds. The first kappa shape index (κ1) is 19.1. The fraction of sp³-hybridized carbons (Fsp3) is 0.160. The van der Waals surface area contributed by atoms with Crippen molar-refractivity contribution >= 4 is 5.91 Å².